The summed E-state index contributed by atoms with van der Waals surface area (Å²) >= 11 is 0. The summed E-state index contributed by atoms with van der Waals surface area (Å²) < 4.78 is 5.74. The molecule has 0 bridgehead atoms. The number of nitrogens with zero attached hydrogens (tertiary/aromatic N) is 2. The van der Waals surface area contributed by atoms with E-state index in [2.05, 4.69) is 4.98 Å². The molecule has 2 heterocycles. The molecule has 1 aliphatic heterocycles. The first-order valence-electron chi connectivity index (χ1n) is 7.74. The Balaban J connectivity index is 1.71. The standard InChI is InChI=1S/C18H20N2O3/c1-18(22)8-11-20(12-9-18)17(21)16-13-15(7-10-19-16)23-14-5-3-2-4-6-14/h2-7,10,13,22H,8-9,11-12H2,1H3. The van der Waals surface area contributed by atoms with Crippen LogP contribution in [-0.2, 0) is 0 Å². The van der Waals surface area contributed by atoms with Crippen LogP contribution in [0.2, 0.25) is 0 Å². The van der Waals surface area contributed by atoms with Crippen LogP contribution in [-0.4, -0.2) is 39.6 Å². The van der Waals surface area contributed by atoms with Crippen molar-refractivity contribution in [2.45, 2.75) is 25.4 Å². The fourth-order valence-electron chi connectivity index (χ4n) is 2.57. The number of aliphatic hydroxyl groups is 1. The average molecular weight is 312 g/mol. The number of para-hydroxylation sites is 1. The van der Waals surface area contributed by atoms with Gasteiger partial charge in [0, 0.05) is 25.4 Å². The lowest BCUT2D eigenvalue weighted by Gasteiger charge is -2.35. The van der Waals surface area contributed by atoms with Crippen LogP contribution >= 0.6 is 0 Å². The Morgan fingerprint density at radius 2 is 1.87 bits per heavy atom. The Hall–Kier alpha value is -2.40. The highest BCUT2D eigenvalue weighted by molar-refractivity contribution is 5.92. The van der Waals surface area contributed by atoms with E-state index in [0.29, 0.717) is 43.1 Å². The van der Waals surface area contributed by atoms with Crippen LogP contribution in [0.3, 0.4) is 0 Å². The predicted molar refractivity (Wildman–Crippen MR) is 86.5 cm³/mol. The summed E-state index contributed by atoms with van der Waals surface area (Å²) in [5.74, 6) is 1.17. The minimum Gasteiger partial charge on any atom is -0.457 e. The Morgan fingerprint density at radius 3 is 2.57 bits per heavy atom. The average Bonchev–Trinajstić information content (AvgIpc) is 2.55. The molecule has 0 aliphatic carbocycles. The van der Waals surface area contributed by atoms with Crippen LogP contribution in [0, 0.1) is 0 Å². The maximum atomic E-state index is 12.5. The molecule has 5 nitrogen and oxygen atoms in total. The molecule has 1 aromatic heterocycles. The molecule has 0 atom stereocenters. The summed E-state index contributed by atoms with van der Waals surface area (Å²) in [6.45, 7) is 2.88. The predicted octanol–water partition coefficient (Wildman–Crippen LogP) is 2.86. The van der Waals surface area contributed by atoms with Crippen molar-refractivity contribution < 1.29 is 14.6 Å². The van der Waals surface area contributed by atoms with Gasteiger partial charge >= 0.3 is 0 Å². The Kier molecular flexibility index (Phi) is 4.30. The number of rotatable bonds is 3. The van der Waals surface area contributed by atoms with Gasteiger partial charge in [0.25, 0.3) is 5.91 Å². The van der Waals surface area contributed by atoms with Crippen LogP contribution in [0.5, 0.6) is 11.5 Å². The van der Waals surface area contributed by atoms with E-state index < -0.39 is 5.60 Å². The Morgan fingerprint density at radius 1 is 1.17 bits per heavy atom. The summed E-state index contributed by atoms with van der Waals surface area (Å²) in [4.78, 5) is 18.4. The van der Waals surface area contributed by atoms with Gasteiger partial charge in [-0.1, -0.05) is 18.2 Å². The van der Waals surface area contributed by atoms with Gasteiger partial charge in [-0.3, -0.25) is 9.78 Å². The van der Waals surface area contributed by atoms with Crippen molar-refractivity contribution in [3.8, 4) is 11.5 Å². The second-order valence-corrected chi connectivity index (χ2v) is 6.08. The first-order valence-corrected chi connectivity index (χ1v) is 7.74. The van der Waals surface area contributed by atoms with Gasteiger partial charge in [-0.05, 0) is 38.0 Å². The van der Waals surface area contributed by atoms with Gasteiger partial charge in [-0.2, -0.15) is 0 Å². The molecule has 1 saturated heterocycles. The number of hydrogen-bond acceptors (Lipinski definition) is 4. The molecule has 1 N–H and O–H groups in total. The lowest BCUT2D eigenvalue weighted by Crippen LogP contribution is -2.45. The fourth-order valence-corrected chi connectivity index (χ4v) is 2.57. The smallest absolute Gasteiger partial charge is 0.272 e. The number of benzene rings is 1. The monoisotopic (exact) mass is 312 g/mol. The van der Waals surface area contributed by atoms with Crippen molar-refractivity contribution in [3.63, 3.8) is 0 Å². The summed E-state index contributed by atoms with van der Waals surface area (Å²) in [5, 5.41) is 9.98. The third kappa shape index (κ3) is 3.87. The quantitative estimate of drug-likeness (QED) is 0.946. The molecule has 0 radical (unpaired) electrons. The molecular weight excluding hydrogens is 292 g/mol. The molecule has 120 valence electrons. The van der Waals surface area contributed by atoms with E-state index in [1.807, 2.05) is 30.3 Å². The number of piperidine rings is 1. The van der Waals surface area contributed by atoms with Gasteiger partial charge in [-0.25, -0.2) is 0 Å². The molecule has 3 rings (SSSR count). The lowest BCUT2D eigenvalue weighted by molar-refractivity contribution is -0.00220. The molecule has 1 amide bonds. The van der Waals surface area contributed by atoms with E-state index in [1.54, 1.807) is 30.2 Å². The maximum Gasteiger partial charge on any atom is 0.272 e. The summed E-state index contributed by atoms with van der Waals surface area (Å²) in [6.07, 6.45) is 2.74. The Bertz CT molecular complexity index is 676. The molecule has 23 heavy (non-hydrogen) atoms. The number of amides is 1. The maximum absolute atomic E-state index is 12.5. The Labute approximate surface area is 135 Å². The second kappa shape index (κ2) is 6.38. The van der Waals surface area contributed by atoms with E-state index >= 15 is 0 Å². The first-order chi connectivity index (χ1) is 11.0. The van der Waals surface area contributed by atoms with Crippen molar-refractivity contribution in [1.82, 2.24) is 9.88 Å². The summed E-state index contributed by atoms with van der Waals surface area (Å²) in [6, 6.07) is 12.8. The SMILES string of the molecule is CC1(O)CCN(C(=O)c2cc(Oc3ccccc3)ccn2)CC1. The van der Waals surface area contributed by atoms with Crippen LogP contribution in [0.4, 0.5) is 0 Å². The van der Waals surface area contributed by atoms with Crippen LogP contribution in [0.15, 0.2) is 48.7 Å². The minimum absolute atomic E-state index is 0.126. The zero-order valence-electron chi connectivity index (χ0n) is 13.1. The zero-order valence-corrected chi connectivity index (χ0v) is 13.1. The molecule has 1 fully saturated rings. The summed E-state index contributed by atoms with van der Waals surface area (Å²) in [5.41, 5.74) is -0.317. The van der Waals surface area contributed by atoms with Gasteiger partial charge in [0.1, 0.15) is 17.2 Å². The van der Waals surface area contributed by atoms with E-state index in [1.165, 1.54) is 0 Å². The van der Waals surface area contributed by atoms with Crippen molar-refractivity contribution >= 4 is 5.91 Å². The van der Waals surface area contributed by atoms with Gasteiger partial charge in [0.05, 0.1) is 5.60 Å². The molecule has 0 unspecified atom stereocenters. The highest BCUT2D eigenvalue weighted by Gasteiger charge is 2.30. The van der Waals surface area contributed by atoms with Gasteiger partial charge in [0.15, 0.2) is 0 Å². The van der Waals surface area contributed by atoms with Crippen LogP contribution < -0.4 is 4.74 Å². The number of hydrogen-bond donors (Lipinski definition) is 1. The number of carbonyl (C=O) groups is 1. The van der Waals surface area contributed by atoms with Crippen molar-refractivity contribution in [1.29, 1.82) is 0 Å². The topological polar surface area (TPSA) is 62.7 Å². The van der Waals surface area contributed by atoms with Crippen LogP contribution in [0.25, 0.3) is 0 Å². The van der Waals surface area contributed by atoms with E-state index in [0.717, 1.165) is 0 Å². The minimum atomic E-state index is -0.678. The highest BCUT2D eigenvalue weighted by Crippen LogP contribution is 2.24. The largest absolute Gasteiger partial charge is 0.457 e. The van der Waals surface area contributed by atoms with E-state index in [9.17, 15) is 9.90 Å². The molecule has 2 aromatic rings. The number of likely N-dealkylation sites (tertiary alicyclic amines) is 1. The van der Waals surface area contributed by atoms with Gasteiger partial charge in [0.2, 0.25) is 0 Å². The van der Waals surface area contributed by atoms with Crippen molar-refractivity contribution in [3.05, 3.63) is 54.4 Å². The van der Waals surface area contributed by atoms with Crippen molar-refractivity contribution in [2.75, 3.05) is 13.1 Å². The van der Waals surface area contributed by atoms with Crippen molar-refractivity contribution in [2.24, 2.45) is 0 Å². The highest BCUT2D eigenvalue weighted by atomic mass is 16.5. The van der Waals surface area contributed by atoms with E-state index in [-0.39, 0.29) is 5.91 Å². The normalized spacial score (nSPS) is 16.9. The third-order valence-electron chi connectivity index (χ3n) is 4.06. The van der Waals surface area contributed by atoms with E-state index in [4.69, 9.17) is 4.74 Å². The molecule has 1 aliphatic rings. The van der Waals surface area contributed by atoms with Gasteiger partial charge in [-0.15, -0.1) is 0 Å². The number of carbonyl (C=O) groups excluding carboxylic acids is 1. The number of aromatic nitrogens is 1. The fraction of sp³-hybridized carbons (Fsp3) is 0.333. The molecular formula is C18H20N2O3. The zero-order chi connectivity index (χ0) is 16.3. The second-order valence-electron chi connectivity index (χ2n) is 6.08. The molecule has 5 heteroatoms. The van der Waals surface area contributed by atoms with Gasteiger partial charge < -0.3 is 14.7 Å². The number of pyridine rings is 1. The third-order valence-corrected chi connectivity index (χ3v) is 4.06. The molecule has 0 spiro atoms. The lowest BCUT2D eigenvalue weighted by atomic mass is 9.94. The summed E-state index contributed by atoms with van der Waals surface area (Å²) in [7, 11) is 0. The molecule has 0 saturated carbocycles. The molecule has 1 aromatic carbocycles. The number of ether oxygens (including phenoxy) is 1. The first kappa shape index (κ1) is 15.5. The van der Waals surface area contributed by atoms with Crippen LogP contribution in [0.1, 0.15) is 30.3 Å².